The molecule has 0 aliphatic carbocycles. The molecule has 2 N–H and O–H groups in total. The molecule has 0 saturated heterocycles. The SMILES string of the molecule is Fc1ccc(-n2ncc3c(CNc4ccc5[nH]ccc5c4)cncc32)cc1. The van der Waals surface area contributed by atoms with Crippen LogP contribution >= 0.6 is 0 Å². The van der Waals surface area contributed by atoms with Crippen molar-refractivity contribution >= 4 is 27.5 Å². The van der Waals surface area contributed by atoms with Crippen molar-refractivity contribution in [2.45, 2.75) is 6.54 Å². The van der Waals surface area contributed by atoms with Gasteiger partial charge in [0.05, 0.1) is 23.6 Å². The van der Waals surface area contributed by atoms with Gasteiger partial charge in [0.25, 0.3) is 0 Å². The Morgan fingerprint density at radius 3 is 2.78 bits per heavy atom. The number of aromatic amines is 1. The van der Waals surface area contributed by atoms with Crippen molar-refractivity contribution in [3.8, 4) is 5.69 Å². The zero-order valence-corrected chi connectivity index (χ0v) is 14.4. The molecule has 0 saturated carbocycles. The van der Waals surface area contributed by atoms with Gasteiger partial charge in [0.1, 0.15) is 5.82 Å². The fourth-order valence-electron chi connectivity index (χ4n) is 3.29. The van der Waals surface area contributed by atoms with Crippen LogP contribution in [0.4, 0.5) is 10.1 Å². The molecule has 0 fully saturated rings. The van der Waals surface area contributed by atoms with Crippen molar-refractivity contribution in [1.29, 1.82) is 0 Å². The van der Waals surface area contributed by atoms with E-state index in [2.05, 4.69) is 38.6 Å². The summed E-state index contributed by atoms with van der Waals surface area (Å²) in [5.41, 5.74) is 4.91. The molecule has 0 amide bonds. The number of nitrogens with zero attached hydrogens (tertiary/aromatic N) is 3. The summed E-state index contributed by atoms with van der Waals surface area (Å²) in [6, 6.07) is 14.5. The van der Waals surface area contributed by atoms with Gasteiger partial charge in [0.15, 0.2) is 0 Å². The lowest BCUT2D eigenvalue weighted by atomic mass is 10.2. The van der Waals surface area contributed by atoms with Gasteiger partial charge in [-0.1, -0.05) is 0 Å². The summed E-state index contributed by atoms with van der Waals surface area (Å²) in [5.74, 6) is -0.266. The third kappa shape index (κ3) is 2.81. The molecule has 132 valence electrons. The summed E-state index contributed by atoms with van der Waals surface area (Å²) in [6.45, 7) is 0.634. The minimum atomic E-state index is -0.266. The van der Waals surface area contributed by atoms with Gasteiger partial charge in [-0.15, -0.1) is 0 Å². The van der Waals surface area contributed by atoms with Gasteiger partial charge in [-0.2, -0.15) is 5.10 Å². The second kappa shape index (κ2) is 6.25. The standard InChI is InChI=1S/C21H16FN5/c22-16-1-4-18(5-2-16)27-21-13-23-10-15(19(21)12-26-27)11-25-17-3-6-20-14(9-17)7-8-24-20/h1-10,12-13,24-25H,11H2. The number of hydrogen-bond donors (Lipinski definition) is 2. The van der Waals surface area contributed by atoms with E-state index >= 15 is 0 Å². The van der Waals surface area contributed by atoms with Crippen LogP contribution in [0, 0.1) is 5.82 Å². The van der Waals surface area contributed by atoms with Crippen molar-refractivity contribution in [2.75, 3.05) is 5.32 Å². The molecular weight excluding hydrogens is 341 g/mol. The Kier molecular flexibility index (Phi) is 3.60. The number of halogens is 1. The number of nitrogens with one attached hydrogen (secondary N) is 2. The topological polar surface area (TPSA) is 58.5 Å². The number of anilines is 1. The van der Waals surface area contributed by atoms with Crippen LogP contribution < -0.4 is 5.32 Å². The molecule has 5 nitrogen and oxygen atoms in total. The average Bonchev–Trinajstić information content (AvgIpc) is 3.33. The molecule has 0 aliphatic heterocycles. The third-order valence-corrected chi connectivity index (χ3v) is 4.69. The van der Waals surface area contributed by atoms with E-state index < -0.39 is 0 Å². The van der Waals surface area contributed by atoms with Crippen LogP contribution in [-0.4, -0.2) is 19.7 Å². The number of rotatable bonds is 4. The number of pyridine rings is 1. The zero-order valence-electron chi connectivity index (χ0n) is 14.4. The third-order valence-electron chi connectivity index (χ3n) is 4.69. The molecule has 2 aromatic carbocycles. The fourth-order valence-corrected chi connectivity index (χ4v) is 3.29. The Morgan fingerprint density at radius 1 is 1.00 bits per heavy atom. The highest BCUT2D eigenvalue weighted by molar-refractivity contribution is 5.84. The van der Waals surface area contributed by atoms with Crippen molar-refractivity contribution in [3.05, 3.63) is 84.7 Å². The summed E-state index contributed by atoms with van der Waals surface area (Å²) in [6.07, 6.45) is 7.39. The number of H-pyrrole nitrogens is 1. The van der Waals surface area contributed by atoms with Gasteiger partial charge >= 0.3 is 0 Å². The molecular formula is C21H16FN5. The van der Waals surface area contributed by atoms with Crippen LogP contribution in [0.2, 0.25) is 0 Å². The number of hydrogen-bond acceptors (Lipinski definition) is 3. The van der Waals surface area contributed by atoms with Crippen LogP contribution in [0.1, 0.15) is 5.56 Å². The first kappa shape index (κ1) is 15.6. The lowest BCUT2D eigenvalue weighted by molar-refractivity contribution is 0.627. The summed E-state index contributed by atoms with van der Waals surface area (Å²) < 4.78 is 15.0. The number of aromatic nitrogens is 4. The van der Waals surface area contributed by atoms with Crippen LogP contribution in [0.25, 0.3) is 27.5 Å². The van der Waals surface area contributed by atoms with E-state index in [1.54, 1.807) is 23.0 Å². The maximum atomic E-state index is 13.2. The van der Waals surface area contributed by atoms with E-state index in [1.807, 2.05) is 24.7 Å². The largest absolute Gasteiger partial charge is 0.381 e. The Hall–Kier alpha value is -3.67. The number of benzene rings is 2. The molecule has 3 heterocycles. The zero-order chi connectivity index (χ0) is 18.2. The Labute approximate surface area is 154 Å². The van der Waals surface area contributed by atoms with Crippen molar-refractivity contribution in [2.24, 2.45) is 0 Å². The average molecular weight is 357 g/mol. The molecule has 0 spiro atoms. The van der Waals surface area contributed by atoms with Gasteiger partial charge in [-0.3, -0.25) is 4.98 Å². The second-order valence-corrected chi connectivity index (χ2v) is 6.40. The Balaban J connectivity index is 1.46. The predicted molar refractivity (Wildman–Crippen MR) is 104 cm³/mol. The van der Waals surface area contributed by atoms with Crippen molar-refractivity contribution in [1.82, 2.24) is 19.7 Å². The monoisotopic (exact) mass is 357 g/mol. The van der Waals surface area contributed by atoms with Gasteiger partial charge < -0.3 is 10.3 Å². The second-order valence-electron chi connectivity index (χ2n) is 6.40. The molecule has 0 atom stereocenters. The molecule has 5 rings (SSSR count). The maximum Gasteiger partial charge on any atom is 0.123 e. The summed E-state index contributed by atoms with van der Waals surface area (Å²) in [7, 11) is 0. The molecule has 5 aromatic rings. The smallest absolute Gasteiger partial charge is 0.123 e. The van der Waals surface area contributed by atoms with Gasteiger partial charge in [0.2, 0.25) is 0 Å². The molecule has 27 heavy (non-hydrogen) atoms. The highest BCUT2D eigenvalue weighted by Gasteiger charge is 2.09. The quantitative estimate of drug-likeness (QED) is 0.492. The van der Waals surface area contributed by atoms with E-state index in [4.69, 9.17) is 0 Å². The van der Waals surface area contributed by atoms with Crippen molar-refractivity contribution < 1.29 is 4.39 Å². The summed E-state index contributed by atoms with van der Waals surface area (Å²) >= 11 is 0. The molecule has 0 radical (unpaired) electrons. The highest BCUT2D eigenvalue weighted by Crippen LogP contribution is 2.23. The first-order chi connectivity index (χ1) is 13.3. The first-order valence-corrected chi connectivity index (χ1v) is 8.65. The van der Waals surface area contributed by atoms with Crippen LogP contribution in [0.3, 0.4) is 0 Å². The molecule has 0 aliphatic rings. The van der Waals surface area contributed by atoms with Crippen LogP contribution in [-0.2, 0) is 6.54 Å². The maximum absolute atomic E-state index is 13.2. The van der Waals surface area contributed by atoms with E-state index in [0.29, 0.717) is 6.54 Å². The summed E-state index contributed by atoms with van der Waals surface area (Å²) in [5, 5.41) is 10.1. The van der Waals surface area contributed by atoms with Crippen LogP contribution in [0.15, 0.2) is 73.3 Å². The minimum absolute atomic E-state index is 0.266. The molecule has 6 heteroatoms. The highest BCUT2D eigenvalue weighted by atomic mass is 19.1. The molecule has 0 unspecified atom stereocenters. The van der Waals surface area contributed by atoms with E-state index in [0.717, 1.165) is 33.4 Å². The van der Waals surface area contributed by atoms with E-state index in [9.17, 15) is 4.39 Å². The number of fused-ring (bicyclic) bond motifs is 2. The lowest BCUT2D eigenvalue weighted by Crippen LogP contribution is -2.01. The molecule has 0 bridgehead atoms. The predicted octanol–water partition coefficient (Wildman–Crippen LogP) is 4.65. The Morgan fingerprint density at radius 2 is 1.89 bits per heavy atom. The molecule has 3 aromatic heterocycles. The van der Waals surface area contributed by atoms with Crippen molar-refractivity contribution in [3.63, 3.8) is 0 Å². The Bertz CT molecular complexity index is 1240. The fraction of sp³-hybridized carbons (Fsp3) is 0.0476. The van der Waals surface area contributed by atoms with Gasteiger partial charge in [-0.25, -0.2) is 9.07 Å². The minimum Gasteiger partial charge on any atom is -0.381 e. The lowest BCUT2D eigenvalue weighted by Gasteiger charge is -2.08. The van der Waals surface area contributed by atoms with Gasteiger partial charge in [-0.05, 0) is 48.5 Å². The van der Waals surface area contributed by atoms with E-state index in [-0.39, 0.29) is 5.82 Å². The van der Waals surface area contributed by atoms with Crippen LogP contribution in [0.5, 0.6) is 0 Å². The summed E-state index contributed by atoms with van der Waals surface area (Å²) in [4.78, 5) is 7.56. The first-order valence-electron chi connectivity index (χ1n) is 8.65. The van der Waals surface area contributed by atoms with Gasteiger partial charge in [0, 0.05) is 46.5 Å². The normalized spacial score (nSPS) is 11.3. The van der Waals surface area contributed by atoms with E-state index in [1.165, 1.54) is 17.5 Å².